The van der Waals surface area contributed by atoms with E-state index in [1.165, 1.54) is 17.4 Å². The predicted molar refractivity (Wildman–Crippen MR) is 112 cm³/mol. The zero-order chi connectivity index (χ0) is 20.3. The zero-order valence-corrected chi connectivity index (χ0v) is 16.9. The lowest BCUT2D eigenvalue weighted by molar-refractivity contribution is 0.0437. The van der Waals surface area contributed by atoms with Crippen LogP contribution in [0.1, 0.15) is 40.0 Å². The number of carbonyl (C=O) groups excluding carboxylic acids is 1. The molecule has 0 saturated carbocycles. The van der Waals surface area contributed by atoms with Crippen LogP contribution in [-0.2, 0) is 0 Å². The Hall–Kier alpha value is -2.71. The fourth-order valence-corrected chi connectivity index (χ4v) is 5.81. The van der Waals surface area contributed by atoms with Crippen LogP contribution in [0.2, 0.25) is 0 Å². The number of anilines is 1. The van der Waals surface area contributed by atoms with E-state index in [2.05, 4.69) is 4.98 Å². The lowest BCUT2D eigenvalue weighted by Crippen LogP contribution is -2.51. The Labute approximate surface area is 171 Å². The van der Waals surface area contributed by atoms with Gasteiger partial charge in [-0.15, -0.1) is 0 Å². The van der Waals surface area contributed by atoms with Crippen molar-refractivity contribution in [3.05, 3.63) is 57.5 Å². The van der Waals surface area contributed by atoms with Crippen LogP contribution < -0.4 is 11.3 Å². The number of benzene rings is 1. The molecule has 0 aliphatic carbocycles. The third kappa shape index (κ3) is 2.86. The number of pyridine rings is 1. The first-order valence-electron chi connectivity index (χ1n) is 9.74. The van der Waals surface area contributed by atoms with Crippen molar-refractivity contribution in [3.8, 4) is 0 Å². The van der Waals surface area contributed by atoms with Crippen LogP contribution in [-0.4, -0.2) is 45.2 Å². The van der Waals surface area contributed by atoms with Crippen molar-refractivity contribution in [1.29, 1.82) is 0 Å². The molecule has 0 radical (unpaired) electrons. The van der Waals surface area contributed by atoms with Crippen molar-refractivity contribution >= 4 is 32.6 Å². The largest absolute Gasteiger partial charge is 0.394 e. The quantitative estimate of drug-likeness (QED) is 0.674. The second kappa shape index (κ2) is 6.67. The first-order valence-corrected chi connectivity index (χ1v) is 10.6. The highest BCUT2D eigenvalue weighted by Crippen LogP contribution is 2.41. The average molecular weight is 410 g/mol. The van der Waals surface area contributed by atoms with Crippen molar-refractivity contribution in [2.45, 2.75) is 25.3 Å². The summed E-state index contributed by atoms with van der Waals surface area (Å²) < 4.78 is 2.64. The summed E-state index contributed by atoms with van der Waals surface area (Å²) in [6.07, 6.45) is 0.877. The summed E-state index contributed by atoms with van der Waals surface area (Å²) in [5, 5.41) is 10.5. The van der Waals surface area contributed by atoms with E-state index < -0.39 is 0 Å². The number of hydrogen-bond donors (Lipinski definition) is 2. The van der Waals surface area contributed by atoms with E-state index >= 15 is 0 Å². The van der Waals surface area contributed by atoms with Gasteiger partial charge in [0.2, 0.25) is 0 Å². The van der Waals surface area contributed by atoms with Gasteiger partial charge in [0.15, 0.2) is 5.13 Å². The van der Waals surface area contributed by atoms with Crippen LogP contribution in [0.5, 0.6) is 0 Å². The topological polar surface area (TPSA) is 101 Å². The van der Waals surface area contributed by atoms with Crippen LogP contribution in [0.15, 0.2) is 35.1 Å². The summed E-state index contributed by atoms with van der Waals surface area (Å²) in [5.41, 5.74) is 9.07. The second-order valence-electron chi connectivity index (χ2n) is 8.00. The molecule has 1 fully saturated rings. The van der Waals surface area contributed by atoms with E-state index in [0.717, 1.165) is 27.9 Å². The number of amides is 1. The Morgan fingerprint density at radius 2 is 2.17 bits per heavy atom. The van der Waals surface area contributed by atoms with Crippen molar-refractivity contribution in [2.75, 3.05) is 25.4 Å². The van der Waals surface area contributed by atoms with Crippen LogP contribution in [0.3, 0.4) is 0 Å². The second-order valence-corrected chi connectivity index (χ2v) is 9.07. The molecule has 5 rings (SSSR count). The van der Waals surface area contributed by atoms with Gasteiger partial charge in [0.1, 0.15) is 0 Å². The molecule has 8 heteroatoms. The number of aromatic nitrogens is 2. The Bertz CT molecular complexity index is 1180. The maximum Gasteiger partial charge on any atom is 0.253 e. The summed E-state index contributed by atoms with van der Waals surface area (Å²) in [4.78, 5) is 32.0. The first kappa shape index (κ1) is 18.3. The number of rotatable bonds is 2. The SMILES string of the molecule is Cc1cc(C(=O)N2C[C@H]3C[C@@H](C2)[C@H](CO)n2c3cccc2=O)cc2sc(N)nc12. The van der Waals surface area contributed by atoms with E-state index in [4.69, 9.17) is 5.73 Å². The summed E-state index contributed by atoms with van der Waals surface area (Å²) in [6, 6.07) is 8.68. The zero-order valence-electron chi connectivity index (χ0n) is 16.0. The first-order chi connectivity index (χ1) is 14.0. The normalized spacial score (nSPS) is 23.2. The molecule has 3 N–H and O–H groups in total. The number of fused-ring (bicyclic) bond motifs is 5. The fourth-order valence-electron chi connectivity index (χ4n) is 4.96. The monoisotopic (exact) mass is 410 g/mol. The van der Waals surface area contributed by atoms with Gasteiger partial charge in [0.05, 0.1) is 22.9 Å². The minimum absolute atomic E-state index is 0.0277. The molecule has 0 unspecified atom stereocenters. The van der Waals surface area contributed by atoms with E-state index in [9.17, 15) is 14.7 Å². The summed E-state index contributed by atoms with van der Waals surface area (Å²) in [6.45, 7) is 2.93. The number of hydrogen-bond acceptors (Lipinski definition) is 6. The highest BCUT2D eigenvalue weighted by atomic mass is 32.1. The molecule has 7 nitrogen and oxygen atoms in total. The van der Waals surface area contributed by atoms with Crippen molar-refractivity contribution in [3.63, 3.8) is 0 Å². The number of carbonyl (C=O) groups is 1. The highest BCUT2D eigenvalue weighted by Gasteiger charge is 2.41. The molecule has 1 saturated heterocycles. The van der Waals surface area contributed by atoms with Crippen LogP contribution >= 0.6 is 11.3 Å². The minimum Gasteiger partial charge on any atom is -0.394 e. The van der Waals surface area contributed by atoms with Gasteiger partial charge in [-0.25, -0.2) is 4.98 Å². The van der Waals surface area contributed by atoms with Crippen LogP contribution in [0.25, 0.3) is 10.2 Å². The number of nitrogens with two attached hydrogens (primary N) is 1. The molecule has 3 atom stereocenters. The number of piperidine rings is 1. The molecule has 2 aliphatic rings. The Kier molecular flexibility index (Phi) is 4.22. The van der Waals surface area contributed by atoms with E-state index in [1.54, 1.807) is 10.6 Å². The van der Waals surface area contributed by atoms with E-state index in [0.29, 0.717) is 23.8 Å². The molecule has 150 valence electrons. The maximum atomic E-state index is 13.4. The van der Waals surface area contributed by atoms with Gasteiger partial charge in [-0.2, -0.15) is 0 Å². The van der Waals surface area contributed by atoms with Crippen molar-refractivity contribution in [1.82, 2.24) is 14.5 Å². The molecule has 1 aromatic carbocycles. The Morgan fingerprint density at radius 3 is 2.97 bits per heavy atom. The molecule has 3 aromatic rings. The molecular weight excluding hydrogens is 388 g/mol. The number of thiazole rings is 1. The smallest absolute Gasteiger partial charge is 0.253 e. The molecule has 2 aromatic heterocycles. The average Bonchev–Trinajstić information content (AvgIpc) is 3.09. The molecule has 29 heavy (non-hydrogen) atoms. The van der Waals surface area contributed by atoms with Gasteiger partial charge < -0.3 is 20.3 Å². The van der Waals surface area contributed by atoms with Crippen molar-refractivity contribution < 1.29 is 9.90 Å². The van der Waals surface area contributed by atoms with Gasteiger partial charge in [-0.1, -0.05) is 17.4 Å². The lowest BCUT2D eigenvalue weighted by Gasteiger charge is -2.46. The lowest BCUT2D eigenvalue weighted by atomic mass is 9.78. The fraction of sp³-hybridized carbons (Fsp3) is 0.381. The van der Waals surface area contributed by atoms with Crippen LogP contribution in [0.4, 0.5) is 5.13 Å². The number of aryl methyl sites for hydroxylation is 1. The van der Waals surface area contributed by atoms with Gasteiger partial charge >= 0.3 is 0 Å². The molecule has 1 amide bonds. The Balaban J connectivity index is 1.51. The molecule has 0 spiro atoms. The van der Waals surface area contributed by atoms with Gasteiger partial charge in [-0.3, -0.25) is 9.59 Å². The number of aliphatic hydroxyl groups is 1. The van der Waals surface area contributed by atoms with E-state index in [1.807, 2.05) is 30.0 Å². The number of aliphatic hydroxyl groups excluding tert-OH is 1. The standard InChI is InChI=1S/C21H22N4O3S/c1-11-5-12(7-17-19(11)23-21(22)29-17)20(28)24-8-13-6-14(9-24)16(10-26)25-15(13)3-2-4-18(25)27/h2-5,7,13-14,16,26H,6,8-10H2,1H3,(H2,22,23)/t13-,14+,16+/m1/s1. The molecule has 4 heterocycles. The van der Waals surface area contributed by atoms with Crippen LogP contribution in [0, 0.1) is 12.8 Å². The predicted octanol–water partition coefficient (Wildman–Crippen LogP) is 2.14. The third-order valence-electron chi connectivity index (χ3n) is 6.22. The number of nitrogens with zero attached hydrogens (tertiary/aromatic N) is 3. The van der Waals surface area contributed by atoms with Gasteiger partial charge in [0.25, 0.3) is 11.5 Å². The summed E-state index contributed by atoms with van der Waals surface area (Å²) >= 11 is 1.38. The molecule has 2 bridgehead atoms. The number of nitrogen functional groups attached to an aromatic ring is 1. The molecule has 2 aliphatic heterocycles. The molecular formula is C21H22N4O3S. The van der Waals surface area contributed by atoms with E-state index in [-0.39, 0.29) is 36.0 Å². The third-order valence-corrected chi connectivity index (χ3v) is 7.05. The maximum absolute atomic E-state index is 13.4. The van der Waals surface area contributed by atoms with Gasteiger partial charge in [-0.05, 0) is 37.1 Å². The summed E-state index contributed by atoms with van der Waals surface area (Å²) in [5.74, 6) is 0.123. The highest BCUT2D eigenvalue weighted by molar-refractivity contribution is 7.22. The minimum atomic E-state index is -0.295. The van der Waals surface area contributed by atoms with Crippen molar-refractivity contribution in [2.24, 2.45) is 5.92 Å². The number of likely N-dealkylation sites (tertiary alicyclic amines) is 1. The van der Waals surface area contributed by atoms with Gasteiger partial charge in [0, 0.05) is 42.2 Å². The Morgan fingerprint density at radius 1 is 1.34 bits per heavy atom. The summed E-state index contributed by atoms with van der Waals surface area (Å²) in [7, 11) is 0.